The number of halogens is 2. The first kappa shape index (κ1) is 14.7. The number of carbonyl (C=O) groups excluding carboxylic acids is 1. The summed E-state index contributed by atoms with van der Waals surface area (Å²) in [4.78, 5) is 18.7. The lowest BCUT2D eigenvalue weighted by molar-refractivity contribution is 0.0862. The highest BCUT2D eigenvalue weighted by Crippen LogP contribution is 2.33. The topological polar surface area (TPSA) is 57.8 Å². The first-order valence-corrected chi connectivity index (χ1v) is 7.36. The van der Waals surface area contributed by atoms with Gasteiger partial charge < -0.3 is 10.3 Å². The molecular weight excluding hydrogens is 285 g/mol. The molecule has 1 amide bonds. The van der Waals surface area contributed by atoms with Crippen LogP contribution in [0.4, 0.5) is 0 Å². The highest BCUT2D eigenvalue weighted by molar-refractivity contribution is 6.40. The van der Waals surface area contributed by atoms with Crippen LogP contribution in [0.5, 0.6) is 0 Å². The third-order valence-electron chi connectivity index (χ3n) is 4.18. The minimum Gasteiger partial charge on any atom is -0.346 e. The van der Waals surface area contributed by atoms with E-state index < -0.39 is 0 Å². The van der Waals surface area contributed by atoms with Crippen molar-refractivity contribution in [3.8, 4) is 0 Å². The number of aromatic nitrogens is 2. The summed E-state index contributed by atoms with van der Waals surface area (Å²) >= 11 is 11.5. The molecule has 0 aliphatic heterocycles. The van der Waals surface area contributed by atoms with Crippen LogP contribution in [0.1, 0.15) is 44.2 Å². The smallest absolute Gasteiger partial charge is 0.287 e. The third kappa shape index (κ3) is 3.23. The Morgan fingerprint density at radius 1 is 1.21 bits per heavy atom. The molecule has 0 unspecified atom stereocenters. The van der Waals surface area contributed by atoms with Crippen molar-refractivity contribution in [1.29, 1.82) is 0 Å². The fourth-order valence-corrected chi connectivity index (χ4v) is 2.99. The molecule has 4 nitrogen and oxygen atoms in total. The quantitative estimate of drug-likeness (QED) is 0.878. The molecule has 0 aromatic carbocycles. The Balaban J connectivity index is 2.02. The molecule has 1 aliphatic carbocycles. The molecule has 1 saturated carbocycles. The van der Waals surface area contributed by atoms with E-state index in [0.717, 1.165) is 12.8 Å². The van der Waals surface area contributed by atoms with Crippen molar-refractivity contribution in [3.05, 3.63) is 16.1 Å². The Morgan fingerprint density at radius 3 is 2.42 bits per heavy atom. The molecule has 106 valence electrons. The molecule has 6 heteroatoms. The van der Waals surface area contributed by atoms with Gasteiger partial charge >= 0.3 is 0 Å². The van der Waals surface area contributed by atoms with Gasteiger partial charge in [-0.25, -0.2) is 4.98 Å². The van der Waals surface area contributed by atoms with E-state index in [1.165, 1.54) is 0 Å². The van der Waals surface area contributed by atoms with Crippen molar-refractivity contribution < 1.29 is 4.79 Å². The van der Waals surface area contributed by atoms with E-state index in [1.54, 1.807) is 0 Å². The SMILES string of the molecule is C[C@@H]1C[C@H](NC(=O)c2nc(Cl)c(Cl)[nH]2)[C@@H](C)C[C@H]1C. The highest BCUT2D eigenvalue weighted by Gasteiger charge is 2.31. The van der Waals surface area contributed by atoms with E-state index in [-0.39, 0.29) is 28.1 Å². The minimum atomic E-state index is -0.243. The summed E-state index contributed by atoms with van der Waals surface area (Å²) < 4.78 is 0. The normalized spacial score (nSPS) is 31.2. The summed E-state index contributed by atoms with van der Waals surface area (Å²) in [5.74, 6) is 1.72. The van der Waals surface area contributed by atoms with Crippen LogP contribution in [-0.2, 0) is 0 Å². The lowest BCUT2D eigenvalue weighted by Crippen LogP contribution is -2.45. The van der Waals surface area contributed by atoms with Crippen LogP contribution < -0.4 is 5.32 Å². The average Bonchev–Trinajstić information content (AvgIpc) is 2.67. The Bertz CT molecular complexity index is 455. The first-order chi connectivity index (χ1) is 8.88. The maximum absolute atomic E-state index is 12.1. The molecule has 4 atom stereocenters. The average molecular weight is 304 g/mol. The fraction of sp³-hybridized carbons (Fsp3) is 0.692. The van der Waals surface area contributed by atoms with Crippen LogP contribution in [0.15, 0.2) is 0 Å². The number of aromatic amines is 1. The number of amides is 1. The summed E-state index contributed by atoms with van der Waals surface area (Å²) in [6.07, 6.45) is 2.13. The molecule has 1 aromatic rings. The molecule has 1 heterocycles. The fourth-order valence-electron chi connectivity index (χ4n) is 2.72. The molecule has 0 spiro atoms. The van der Waals surface area contributed by atoms with Gasteiger partial charge in [0.05, 0.1) is 0 Å². The monoisotopic (exact) mass is 303 g/mol. The Kier molecular flexibility index (Phi) is 4.41. The van der Waals surface area contributed by atoms with Gasteiger partial charge in [0.15, 0.2) is 11.0 Å². The van der Waals surface area contributed by atoms with Crippen molar-refractivity contribution in [2.24, 2.45) is 17.8 Å². The lowest BCUT2D eigenvalue weighted by atomic mass is 9.73. The molecule has 2 N–H and O–H groups in total. The van der Waals surface area contributed by atoms with Crippen molar-refractivity contribution in [2.75, 3.05) is 0 Å². The van der Waals surface area contributed by atoms with E-state index in [0.29, 0.717) is 17.8 Å². The molecule has 1 fully saturated rings. The number of H-pyrrole nitrogens is 1. The number of rotatable bonds is 2. The largest absolute Gasteiger partial charge is 0.346 e. The Labute approximate surface area is 123 Å². The molecule has 0 radical (unpaired) electrons. The third-order valence-corrected chi connectivity index (χ3v) is 4.82. The Hall–Kier alpha value is -0.740. The van der Waals surface area contributed by atoms with Gasteiger partial charge in [0.1, 0.15) is 5.15 Å². The standard InChI is InChI=1S/C13H19Cl2N3O/c1-6-4-8(3)9(5-7(6)2)16-13(19)12-17-10(14)11(15)18-12/h6-9H,4-5H2,1-3H3,(H,16,19)(H,17,18)/t6-,7-,8+,9+/m1/s1. The van der Waals surface area contributed by atoms with Crippen molar-refractivity contribution >= 4 is 29.1 Å². The second-order valence-electron chi connectivity index (χ2n) is 5.67. The molecule has 1 aliphatic rings. The number of carbonyl (C=O) groups is 1. The van der Waals surface area contributed by atoms with Crippen molar-refractivity contribution in [1.82, 2.24) is 15.3 Å². The van der Waals surface area contributed by atoms with Crippen molar-refractivity contribution in [2.45, 2.75) is 39.7 Å². The first-order valence-electron chi connectivity index (χ1n) is 6.60. The van der Waals surface area contributed by atoms with Gasteiger partial charge in [-0.1, -0.05) is 44.0 Å². The van der Waals surface area contributed by atoms with Gasteiger partial charge in [0, 0.05) is 6.04 Å². The molecule has 1 aromatic heterocycles. The molecule has 19 heavy (non-hydrogen) atoms. The van der Waals surface area contributed by atoms with Crippen LogP contribution in [-0.4, -0.2) is 21.9 Å². The minimum absolute atomic E-state index is 0.130. The van der Waals surface area contributed by atoms with Gasteiger partial charge in [-0.2, -0.15) is 0 Å². The molecule has 2 rings (SSSR count). The van der Waals surface area contributed by atoms with Crippen molar-refractivity contribution in [3.63, 3.8) is 0 Å². The summed E-state index contributed by atoms with van der Waals surface area (Å²) in [6, 6.07) is 0.182. The predicted octanol–water partition coefficient (Wildman–Crippen LogP) is 3.52. The maximum atomic E-state index is 12.1. The number of nitrogens with zero attached hydrogens (tertiary/aromatic N) is 1. The van der Waals surface area contributed by atoms with E-state index in [2.05, 4.69) is 36.1 Å². The van der Waals surface area contributed by atoms with Gasteiger partial charge in [-0.05, 0) is 30.6 Å². The number of hydrogen-bond donors (Lipinski definition) is 2. The number of imidazole rings is 1. The zero-order valence-electron chi connectivity index (χ0n) is 11.3. The zero-order chi connectivity index (χ0) is 14.2. The maximum Gasteiger partial charge on any atom is 0.287 e. The summed E-state index contributed by atoms with van der Waals surface area (Å²) in [5, 5.41) is 3.36. The van der Waals surface area contributed by atoms with Gasteiger partial charge in [-0.3, -0.25) is 4.79 Å². The summed E-state index contributed by atoms with van der Waals surface area (Å²) in [7, 11) is 0. The number of nitrogens with one attached hydrogen (secondary N) is 2. The zero-order valence-corrected chi connectivity index (χ0v) is 12.8. The molecule has 0 bridgehead atoms. The lowest BCUT2D eigenvalue weighted by Gasteiger charge is -2.37. The van der Waals surface area contributed by atoms with Gasteiger partial charge in [0.25, 0.3) is 5.91 Å². The second kappa shape index (κ2) is 5.71. The predicted molar refractivity (Wildman–Crippen MR) is 76.6 cm³/mol. The van der Waals surface area contributed by atoms with Crippen LogP contribution in [0.2, 0.25) is 10.3 Å². The van der Waals surface area contributed by atoms with Gasteiger partial charge in [-0.15, -0.1) is 0 Å². The second-order valence-corrected chi connectivity index (χ2v) is 6.41. The Morgan fingerprint density at radius 2 is 1.84 bits per heavy atom. The van der Waals surface area contributed by atoms with Crippen LogP contribution in [0, 0.1) is 17.8 Å². The van der Waals surface area contributed by atoms with Gasteiger partial charge in [0.2, 0.25) is 0 Å². The van der Waals surface area contributed by atoms with Crippen LogP contribution in [0.25, 0.3) is 0 Å². The summed E-state index contributed by atoms with van der Waals surface area (Å²) in [6.45, 7) is 6.68. The highest BCUT2D eigenvalue weighted by atomic mass is 35.5. The molecule has 0 saturated heterocycles. The van der Waals surface area contributed by atoms with Crippen LogP contribution in [0.3, 0.4) is 0 Å². The summed E-state index contributed by atoms with van der Waals surface area (Å²) in [5.41, 5.74) is 0. The molecular formula is C13H19Cl2N3O. The number of hydrogen-bond acceptors (Lipinski definition) is 2. The van der Waals surface area contributed by atoms with E-state index >= 15 is 0 Å². The van der Waals surface area contributed by atoms with E-state index in [4.69, 9.17) is 23.2 Å². The van der Waals surface area contributed by atoms with E-state index in [9.17, 15) is 4.79 Å². The van der Waals surface area contributed by atoms with Crippen LogP contribution >= 0.6 is 23.2 Å². The van der Waals surface area contributed by atoms with E-state index in [1.807, 2.05) is 0 Å².